The monoisotopic (exact) mass is 272 g/mol. The Bertz CT molecular complexity index is 560. The zero-order valence-electron chi connectivity index (χ0n) is 12.1. The lowest BCUT2D eigenvalue weighted by atomic mass is 9.98. The molecule has 1 atom stereocenters. The van der Waals surface area contributed by atoms with Gasteiger partial charge in [0.15, 0.2) is 5.78 Å². The van der Waals surface area contributed by atoms with Crippen LogP contribution in [0, 0.1) is 6.92 Å². The average Bonchev–Trinajstić information content (AvgIpc) is 2.76. The normalized spacial score (nSPS) is 23.0. The Kier molecular flexibility index (Phi) is 3.34. The lowest BCUT2D eigenvalue weighted by Crippen LogP contribution is -2.48. The number of hydrogen-bond donors (Lipinski definition) is 0. The van der Waals surface area contributed by atoms with Crippen LogP contribution >= 0.6 is 0 Å². The van der Waals surface area contributed by atoms with Crippen LogP contribution in [0.2, 0.25) is 0 Å². The van der Waals surface area contributed by atoms with Gasteiger partial charge in [0.25, 0.3) is 0 Å². The second-order valence-electron chi connectivity index (χ2n) is 5.90. The topological polar surface area (TPSA) is 40.6 Å². The number of aryl methyl sites for hydroxylation is 1. The van der Waals surface area contributed by atoms with Gasteiger partial charge in [-0.25, -0.2) is 0 Å². The van der Waals surface area contributed by atoms with Gasteiger partial charge in [0.05, 0.1) is 5.92 Å². The first-order chi connectivity index (χ1) is 9.56. The van der Waals surface area contributed by atoms with Crippen molar-refractivity contribution in [3.05, 3.63) is 34.9 Å². The lowest BCUT2D eigenvalue weighted by Gasteiger charge is -2.34. The lowest BCUT2D eigenvalue weighted by molar-refractivity contribution is -0.134. The molecule has 106 valence electrons. The fourth-order valence-electron chi connectivity index (χ4n) is 3.09. The minimum atomic E-state index is -0.262. The second-order valence-corrected chi connectivity index (χ2v) is 5.90. The third kappa shape index (κ3) is 2.24. The Hall–Kier alpha value is -1.68. The first kappa shape index (κ1) is 13.3. The van der Waals surface area contributed by atoms with Gasteiger partial charge in [-0.2, -0.15) is 0 Å². The van der Waals surface area contributed by atoms with Crippen molar-refractivity contribution in [2.24, 2.45) is 0 Å². The van der Waals surface area contributed by atoms with Crippen LogP contribution in [0.4, 0.5) is 0 Å². The van der Waals surface area contributed by atoms with Crippen molar-refractivity contribution in [2.45, 2.75) is 19.3 Å². The van der Waals surface area contributed by atoms with Crippen molar-refractivity contribution in [1.82, 2.24) is 9.80 Å². The molecule has 3 rings (SSSR count). The van der Waals surface area contributed by atoms with E-state index in [4.69, 9.17) is 0 Å². The quantitative estimate of drug-likeness (QED) is 0.776. The minimum absolute atomic E-state index is 0.108. The SMILES string of the molecule is Cc1ccc2c(c1)C(=O)CC2C(=O)N1CCN(C)CC1. The summed E-state index contributed by atoms with van der Waals surface area (Å²) in [6, 6.07) is 5.85. The minimum Gasteiger partial charge on any atom is -0.340 e. The Morgan fingerprint density at radius 2 is 1.90 bits per heavy atom. The molecule has 1 fully saturated rings. The Balaban J connectivity index is 1.82. The van der Waals surface area contributed by atoms with Gasteiger partial charge in [-0.05, 0) is 25.6 Å². The van der Waals surface area contributed by atoms with Crippen LogP contribution < -0.4 is 0 Å². The van der Waals surface area contributed by atoms with Crippen molar-refractivity contribution >= 4 is 11.7 Å². The highest BCUT2D eigenvalue weighted by Crippen LogP contribution is 2.35. The molecule has 1 aromatic rings. The number of fused-ring (bicyclic) bond motifs is 1. The van der Waals surface area contributed by atoms with Gasteiger partial charge >= 0.3 is 0 Å². The van der Waals surface area contributed by atoms with Crippen molar-refractivity contribution in [1.29, 1.82) is 0 Å². The summed E-state index contributed by atoms with van der Waals surface area (Å²) in [5.74, 6) is -0.0354. The molecule has 4 nitrogen and oxygen atoms in total. The molecule has 0 radical (unpaired) electrons. The van der Waals surface area contributed by atoms with E-state index in [1.54, 1.807) is 0 Å². The van der Waals surface area contributed by atoms with E-state index in [1.807, 2.05) is 30.0 Å². The highest BCUT2D eigenvalue weighted by molar-refractivity contribution is 6.06. The predicted molar refractivity (Wildman–Crippen MR) is 76.9 cm³/mol. The summed E-state index contributed by atoms with van der Waals surface area (Å²) in [5, 5.41) is 0. The summed E-state index contributed by atoms with van der Waals surface area (Å²) in [6.45, 7) is 5.33. The Morgan fingerprint density at radius 3 is 2.60 bits per heavy atom. The average molecular weight is 272 g/mol. The number of benzene rings is 1. The second kappa shape index (κ2) is 5.02. The van der Waals surface area contributed by atoms with Crippen LogP contribution in [0.5, 0.6) is 0 Å². The molecule has 0 saturated carbocycles. The number of likely N-dealkylation sites (N-methyl/N-ethyl adjacent to an activating group) is 1. The maximum absolute atomic E-state index is 12.7. The van der Waals surface area contributed by atoms with Gasteiger partial charge in [0.1, 0.15) is 0 Å². The molecule has 1 aliphatic heterocycles. The van der Waals surface area contributed by atoms with E-state index in [-0.39, 0.29) is 17.6 Å². The summed E-state index contributed by atoms with van der Waals surface area (Å²) in [7, 11) is 2.07. The molecule has 0 spiro atoms. The fraction of sp³-hybridized carbons (Fsp3) is 0.500. The zero-order chi connectivity index (χ0) is 14.3. The highest BCUT2D eigenvalue weighted by atomic mass is 16.2. The molecule has 0 bridgehead atoms. The molecule has 1 amide bonds. The van der Waals surface area contributed by atoms with E-state index in [9.17, 15) is 9.59 Å². The van der Waals surface area contributed by atoms with Gasteiger partial charge in [-0.3, -0.25) is 9.59 Å². The molecule has 1 heterocycles. The number of amides is 1. The summed E-state index contributed by atoms with van der Waals surface area (Å²) in [4.78, 5) is 28.9. The van der Waals surface area contributed by atoms with Gasteiger partial charge in [0.2, 0.25) is 5.91 Å². The predicted octanol–water partition coefficient (Wildman–Crippen LogP) is 1.44. The molecule has 1 aromatic carbocycles. The van der Waals surface area contributed by atoms with Crippen molar-refractivity contribution in [3.8, 4) is 0 Å². The van der Waals surface area contributed by atoms with Crippen LogP contribution in [0.25, 0.3) is 0 Å². The van der Waals surface area contributed by atoms with Gasteiger partial charge in [-0.1, -0.05) is 17.7 Å². The molecule has 0 aromatic heterocycles. The molecule has 1 unspecified atom stereocenters. The molecule has 4 heteroatoms. The third-order valence-corrected chi connectivity index (χ3v) is 4.39. The first-order valence-corrected chi connectivity index (χ1v) is 7.17. The Morgan fingerprint density at radius 1 is 1.20 bits per heavy atom. The zero-order valence-corrected chi connectivity index (χ0v) is 12.1. The highest BCUT2D eigenvalue weighted by Gasteiger charge is 2.37. The van der Waals surface area contributed by atoms with Gasteiger partial charge in [0, 0.05) is 38.2 Å². The molecular weight excluding hydrogens is 252 g/mol. The smallest absolute Gasteiger partial charge is 0.230 e. The fourth-order valence-corrected chi connectivity index (χ4v) is 3.09. The number of Topliss-reactive ketones (excluding diaryl/α,β-unsaturated/α-hetero) is 1. The number of ketones is 1. The van der Waals surface area contributed by atoms with E-state index < -0.39 is 0 Å². The van der Waals surface area contributed by atoms with Crippen LogP contribution in [0.3, 0.4) is 0 Å². The van der Waals surface area contributed by atoms with Crippen molar-refractivity contribution in [2.75, 3.05) is 33.2 Å². The van der Waals surface area contributed by atoms with Crippen LogP contribution in [0.1, 0.15) is 33.8 Å². The van der Waals surface area contributed by atoms with E-state index in [1.165, 1.54) is 0 Å². The molecule has 1 aliphatic carbocycles. The standard InChI is InChI=1S/C16H20N2O2/c1-11-3-4-12-13(9-11)15(19)10-14(12)16(20)18-7-5-17(2)6-8-18/h3-4,9,14H,5-8,10H2,1-2H3. The van der Waals surface area contributed by atoms with Gasteiger partial charge < -0.3 is 9.80 Å². The molecule has 0 N–H and O–H groups in total. The van der Waals surface area contributed by atoms with E-state index >= 15 is 0 Å². The number of nitrogens with zero attached hydrogens (tertiary/aromatic N) is 2. The summed E-state index contributed by atoms with van der Waals surface area (Å²) in [5.41, 5.74) is 2.74. The number of carbonyl (C=O) groups excluding carboxylic acids is 2. The van der Waals surface area contributed by atoms with Crippen LogP contribution in [0.15, 0.2) is 18.2 Å². The molecular formula is C16H20N2O2. The largest absolute Gasteiger partial charge is 0.340 e. The summed E-state index contributed by atoms with van der Waals surface area (Å²) >= 11 is 0. The van der Waals surface area contributed by atoms with E-state index in [0.29, 0.717) is 6.42 Å². The van der Waals surface area contributed by atoms with Gasteiger partial charge in [-0.15, -0.1) is 0 Å². The molecule has 1 saturated heterocycles. The van der Waals surface area contributed by atoms with E-state index in [2.05, 4.69) is 11.9 Å². The van der Waals surface area contributed by atoms with Crippen molar-refractivity contribution in [3.63, 3.8) is 0 Å². The maximum atomic E-state index is 12.7. The number of carbonyl (C=O) groups is 2. The summed E-state index contributed by atoms with van der Waals surface area (Å²) in [6.07, 6.45) is 0.337. The summed E-state index contributed by atoms with van der Waals surface area (Å²) < 4.78 is 0. The maximum Gasteiger partial charge on any atom is 0.230 e. The van der Waals surface area contributed by atoms with Crippen molar-refractivity contribution < 1.29 is 9.59 Å². The molecule has 20 heavy (non-hydrogen) atoms. The van der Waals surface area contributed by atoms with Crippen LogP contribution in [-0.2, 0) is 4.79 Å². The first-order valence-electron chi connectivity index (χ1n) is 7.17. The number of rotatable bonds is 1. The number of piperazine rings is 1. The third-order valence-electron chi connectivity index (χ3n) is 4.39. The van der Waals surface area contributed by atoms with E-state index in [0.717, 1.165) is 42.9 Å². The van der Waals surface area contributed by atoms with Crippen LogP contribution in [-0.4, -0.2) is 54.7 Å². The number of hydrogen-bond acceptors (Lipinski definition) is 3. The Labute approximate surface area is 119 Å². The molecule has 2 aliphatic rings.